The molecular weight excluding hydrogens is 312 g/mol. The minimum atomic E-state index is 0.339. The number of pyridine rings is 1. The molecule has 2 unspecified atom stereocenters. The average molecular weight is 331 g/mol. The van der Waals surface area contributed by atoms with Crippen LogP contribution in [0.2, 0.25) is 0 Å². The van der Waals surface area contributed by atoms with E-state index in [-0.39, 0.29) is 0 Å². The van der Waals surface area contributed by atoms with Crippen molar-refractivity contribution in [3.8, 4) is 0 Å². The van der Waals surface area contributed by atoms with Gasteiger partial charge < -0.3 is 5.32 Å². The second-order valence-corrected chi connectivity index (χ2v) is 6.26. The highest BCUT2D eigenvalue weighted by molar-refractivity contribution is 9.10. The normalized spacial score (nSPS) is 18.2. The van der Waals surface area contributed by atoms with Crippen LogP contribution in [-0.4, -0.2) is 11.5 Å². The van der Waals surface area contributed by atoms with Crippen LogP contribution in [-0.2, 0) is 6.42 Å². The van der Waals surface area contributed by atoms with Gasteiger partial charge in [0.1, 0.15) is 0 Å². The summed E-state index contributed by atoms with van der Waals surface area (Å²) in [6.07, 6.45) is 4.21. The van der Waals surface area contributed by atoms with E-state index in [9.17, 15) is 0 Å². The van der Waals surface area contributed by atoms with Crippen LogP contribution in [0.25, 0.3) is 0 Å². The Morgan fingerprint density at radius 3 is 2.85 bits per heavy atom. The Kier molecular flexibility index (Phi) is 4.18. The van der Waals surface area contributed by atoms with E-state index in [4.69, 9.17) is 0 Å². The van der Waals surface area contributed by atoms with Gasteiger partial charge in [-0.05, 0) is 64.5 Å². The second-order valence-electron chi connectivity index (χ2n) is 5.35. The van der Waals surface area contributed by atoms with Gasteiger partial charge in [-0.1, -0.05) is 31.2 Å². The van der Waals surface area contributed by atoms with Gasteiger partial charge in [0.05, 0.1) is 11.7 Å². The van der Waals surface area contributed by atoms with E-state index >= 15 is 0 Å². The maximum Gasteiger partial charge on any atom is 0.0574 e. The van der Waals surface area contributed by atoms with Gasteiger partial charge in [0, 0.05) is 10.7 Å². The molecule has 0 bridgehead atoms. The topological polar surface area (TPSA) is 24.9 Å². The van der Waals surface area contributed by atoms with Crippen molar-refractivity contribution in [1.29, 1.82) is 0 Å². The molecule has 3 rings (SSSR count). The third-order valence-electron chi connectivity index (χ3n) is 4.04. The Morgan fingerprint density at radius 1 is 1.30 bits per heavy atom. The maximum absolute atomic E-state index is 4.56. The van der Waals surface area contributed by atoms with Crippen molar-refractivity contribution in [2.24, 2.45) is 0 Å². The molecule has 1 N–H and O–H groups in total. The lowest BCUT2D eigenvalue weighted by Gasteiger charge is -2.33. The molecule has 0 amide bonds. The quantitative estimate of drug-likeness (QED) is 0.887. The zero-order valence-corrected chi connectivity index (χ0v) is 13.2. The summed E-state index contributed by atoms with van der Waals surface area (Å²) >= 11 is 3.45. The summed E-state index contributed by atoms with van der Waals surface area (Å²) in [6.45, 7) is 3.12. The minimum absolute atomic E-state index is 0.339. The monoisotopic (exact) mass is 330 g/mol. The van der Waals surface area contributed by atoms with Gasteiger partial charge in [-0.15, -0.1) is 0 Å². The van der Waals surface area contributed by atoms with Crippen LogP contribution in [0.5, 0.6) is 0 Å². The highest BCUT2D eigenvalue weighted by atomic mass is 79.9. The van der Waals surface area contributed by atoms with E-state index < -0.39 is 0 Å². The van der Waals surface area contributed by atoms with Crippen molar-refractivity contribution < 1.29 is 0 Å². The highest BCUT2D eigenvalue weighted by Gasteiger charge is 2.28. The van der Waals surface area contributed by atoms with E-state index in [1.165, 1.54) is 17.5 Å². The van der Waals surface area contributed by atoms with Gasteiger partial charge in [-0.3, -0.25) is 4.98 Å². The molecule has 0 aliphatic heterocycles. The molecule has 0 spiro atoms. The minimum Gasteiger partial charge on any atom is -0.309 e. The summed E-state index contributed by atoms with van der Waals surface area (Å²) in [5, 5.41) is 3.57. The summed E-state index contributed by atoms with van der Waals surface area (Å²) < 4.78 is 1.03. The average Bonchev–Trinajstić information content (AvgIpc) is 2.44. The van der Waals surface area contributed by atoms with E-state index in [0.717, 1.165) is 23.1 Å². The molecule has 0 saturated heterocycles. The van der Waals surface area contributed by atoms with Crippen LogP contribution in [0, 0.1) is 0 Å². The Balaban J connectivity index is 1.74. The lowest BCUT2D eigenvalue weighted by atomic mass is 9.74. The van der Waals surface area contributed by atoms with E-state index in [2.05, 4.69) is 69.6 Å². The first-order valence-electron chi connectivity index (χ1n) is 7.20. The Hall–Kier alpha value is -1.19. The summed E-state index contributed by atoms with van der Waals surface area (Å²) in [4.78, 5) is 4.56. The largest absolute Gasteiger partial charge is 0.309 e. The molecule has 1 aliphatic carbocycles. The molecule has 2 atom stereocenters. The summed E-state index contributed by atoms with van der Waals surface area (Å²) in [6, 6.07) is 13.3. The molecule has 20 heavy (non-hydrogen) atoms. The van der Waals surface area contributed by atoms with Gasteiger partial charge in [-0.25, -0.2) is 0 Å². The summed E-state index contributed by atoms with van der Waals surface area (Å²) in [5.41, 5.74) is 4.17. The lowest BCUT2D eigenvalue weighted by Crippen LogP contribution is -2.27. The number of fused-ring (bicyclic) bond motifs is 1. The molecule has 0 radical (unpaired) electrons. The van der Waals surface area contributed by atoms with Crippen molar-refractivity contribution in [2.45, 2.75) is 31.7 Å². The van der Waals surface area contributed by atoms with E-state index in [1.54, 1.807) is 0 Å². The molecule has 0 saturated carbocycles. The third-order valence-corrected chi connectivity index (χ3v) is 4.51. The Bertz CT molecular complexity index is 580. The SMILES string of the molecule is CCNC(CC1Cc2ccccc21)c1ccc(Br)cn1. The Labute approximate surface area is 128 Å². The number of hydrogen-bond donors (Lipinski definition) is 1. The predicted molar refractivity (Wildman–Crippen MR) is 85.9 cm³/mol. The predicted octanol–water partition coefficient (Wildman–Crippen LogP) is 4.22. The van der Waals surface area contributed by atoms with Crippen LogP contribution in [0.4, 0.5) is 0 Å². The molecular formula is C17H19BrN2. The molecule has 1 aromatic heterocycles. The van der Waals surface area contributed by atoms with Gasteiger partial charge in [0.15, 0.2) is 0 Å². The summed E-state index contributed by atoms with van der Waals surface area (Å²) in [7, 11) is 0. The number of halogens is 1. The molecule has 0 fully saturated rings. The highest BCUT2D eigenvalue weighted by Crippen LogP contribution is 2.40. The standard InChI is InChI=1S/C17H19BrN2/c1-2-19-17(16-8-7-14(18)11-20-16)10-13-9-12-5-3-4-6-15(12)13/h3-8,11,13,17,19H,2,9-10H2,1H3. The summed E-state index contributed by atoms with van der Waals surface area (Å²) in [5.74, 6) is 0.667. The van der Waals surface area contributed by atoms with E-state index in [1.807, 2.05) is 6.20 Å². The van der Waals surface area contributed by atoms with Crippen LogP contribution in [0.1, 0.15) is 42.1 Å². The molecule has 104 valence electrons. The van der Waals surface area contributed by atoms with Gasteiger partial charge in [-0.2, -0.15) is 0 Å². The van der Waals surface area contributed by atoms with Crippen molar-refractivity contribution in [1.82, 2.24) is 10.3 Å². The smallest absolute Gasteiger partial charge is 0.0574 e. The molecule has 2 nitrogen and oxygen atoms in total. The maximum atomic E-state index is 4.56. The van der Waals surface area contributed by atoms with Crippen LogP contribution in [0.15, 0.2) is 47.1 Å². The van der Waals surface area contributed by atoms with Crippen molar-refractivity contribution in [2.75, 3.05) is 6.54 Å². The molecule has 3 heteroatoms. The van der Waals surface area contributed by atoms with Gasteiger partial charge in [0.2, 0.25) is 0 Å². The van der Waals surface area contributed by atoms with Gasteiger partial charge in [0.25, 0.3) is 0 Å². The molecule has 1 aromatic carbocycles. The number of benzene rings is 1. The van der Waals surface area contributed by atoms with Crippen LogP contribution >= 0.6 is 15.9 Å². The first-order chi connectivity index (χ1) is 9.78. The molecule has 1 heterocycles. The first-order valence-corrected chi connectivity index (χ1v) is 8.00. The number of nitrogens with zero attached hydrogens (tertiary/aromatic N) is 1. The second kappa shape index (κ2) is 6.06. The third kappa shape index (κ3) is 2.79. The first kappa shape index (κ1) is 13.8. The zero-order valence-electron chi connectivity index (χ0n) is 11.6. The van der Waals surface area contributed by atoms with Crippen LogP contribution < -0.4 is 5.32 Å². The van der Waals surface area contributed by atoms with E-state index in [0.29, 0.717) is 12.0 Å². The lowest BCUT2D eigenvalue weighted by molar-refractivity contribution is 0.429. The van der Waals surface area contributed by atoms with Crippen LogP contribution in [0.3, 0.4) is 0 Å². The van der Waals surface area contributed by atoms with Crippen molar-refractivity contribution in [3.63, 3.8) is 0 Å². The number of rotatable bonds is 5. The molecule has 1 aliphatic rings. The number of nitrogens with one attached hydrogen (secondary N) is 1. The van der Waals surface area contributed by atoms with Crippen molar-refractivity contribution >= 4 is 15.9 Å². The zero-order chi connectivity index (χ0) is 13.9. The van der Waals surface area contributed by atoms with Gasteiger partial charge >= 0.3 is 0 Å². The fraction of sp³-hybridized carbons (Fsp3) is 0.353. The number of aromatic nitrogens is 1. The fourth-order valence-corrected chi connectivity index (χ4v) is 3.24. The van der Waals surface area contributed by atoms with Crippen molar-refractivity contribution in [3.05, 3.63) is 63.9 Å². The number of hydrogen-bond acceptors (Lipinski definition) is 2. The fourth-order valence-electron chi connectivity index (χ4n) is 3.01. The molecule has 2 aromatic rings. The Morgan fingerprint density at radius 2 is 2.15 bits per heavy atom.